The van der Waals surface area contributed by atoms with Crippen molar-refractivity contribution in [3.63, 3.8) is 0 Å². The number of phenolic OH excluding ortho intramolecular Hbond substituents is 1. The lowest BCUT2D eigenvalue weighted by Crippen LogP contribution is -2.63. The number of phenols is 1. The molecule has 15 atom stereocenters. The number of amides is 14. The fourth-order valence-electron chi connectivity index (χ4n) is 13.7. The lowest BCUT2D eigenvalue weighted by atomic mass is 10.00. The molecule has 27 N–H and O–H groups in total. The van der Waals surface area contributed by atoms with Crippen LogP contribution in [0.3, 0.4) is 0 Å². The van der Waals surface area contributed by atoms with Crippen molar-refractivity contribution < 1.29 is 97.5 Å². The van der Waals surface area contributed by atoms with Crippen molar-refractivity contribution in [1.82, 2.24) is 74.1 Å². The predicted octanol–water partition coefficient (Wildman–Crippen LogP) is -2.26. The molecule has 0 fully saturated rings. The van der Waals surface area contributed by atoms with Gasteiger partial charge in [0.05, 0.1) is 43.5 Å². The van der Waals surface area contributed by atoms with Gasteiger partial charge in [-0.3, -0.25) is 67.1 Å². The van der Waals surface area contributed by atoms with Gasteiger partial charge in [0, 0.05) is 49.2 Å². The van der Waals surface area contributed by atoms with E-state index in [4.69, 9.17) is 22.9 Å². The molecule has 0 unspecified atom stereocenters. The zero-order chi connectivity index (χ0) is 92.4. The summed E-state index contributed by atoms with van der Waals surface area (Å²) in [4.78, 5) is 218. The minimum Gasteiger partial charge on any atom is -0.506 e. The highest BCUT2D eigenvalue weighted by molar-refractivity contribution is 6.01. The number of carboxylic acids is 1. The first-order valence-corrected chi connectivity index (χ1v) is 41.3. The molecule has 40 nitrogen and oxygen atoms in total. The van der Waals surface area contributed by atoms with E-state index in [9.17, 15) is 83.1 Å². The number of hydrogen-bond donors (Lipinski definition) is 23. The number of nitrogens with one attached hydrogen (secondary N) is 14. The number of primary amides is 1. The van der Waals surface area contributed by atoms with Crippen LogP contribution >= 0.6 is 0 Å². The van der Waals surface area contributed by atoms with E-state index in [1.807, 2.05) is 0 Å². The molecule has 0 spiro atoms. The van der Waals surface area contributed by atoms with Crippen molar-refractivity contribution in [3.05, 3.63) is 197 Å². The van der Waals surface area contributed by atoms with Crippen molar-refractivity contribution in [2.45, 2.75) is 189 Å². The number of carbonyl (C=O) groups excluding carboxylic acids is 14. The van der Waals surface area contributed by atoms with E-state index in [2.05, 4.69) is 84.3 Å². The Kier molecular flexibility index (Phi) is 38.0. The predicted molar refractivity (Wildman–Crippen MR) is 461 cm³/mol. The second-order valence-electron chi connectivity index (χ2n) is 30.7. The Balaban J connectivity index is 1.20. The molecule has 0 saturated carbocycles. The fourth-order valence-corrected chi connectivity index (χ4v) is 13.7. The van der Waals surface area contributed by atoms with E-state index in [0.29, 0.717) is 45.1 Å². The maximum Gasteiger partial charge on any atom is 0.330 e. The third-order valence-electron chi connectivity index (χ3n) is 20.6. The number of aliphatic hydroxyl groups is 3. The molecule has 0 radical (unpaired) electrons. The zero-order valence-electron chi connectivity index (χ0n) is 70.1. The number of azo groups is 1. The molecule has 14 amide bonds. The molecule has 3 aliphatic heterocycles. The number of carboxylic acid groups (broad SMARTS) is 1. The summed E-state index contributed by atoms with van der Waals surface area (Å²) < 4.78 is 0. The van der Waals surface area contributed by atoms with Crippen LogP contribution in [0, 0.1) is 0 Å². The summed E-state index contributed by atoms with van der Waals surface area (Å²) in [7, 11) is 0. The van der Waals surface area contributed by atoms with Crippen molar-refractivity contribution in [3.8, 4) is 5.75 Å². The number of carbonyl (C=O) groups is 15. The average Bonchev–Trinajstić information content (AvgIpc) is 1.72. The standard InChI is InChI=1S/C87H110N20O20/c1-47(90)75(114)93-45-71(113)94-62-40-53-29-32-56(33-30-53)106-107-59-34-31-54(42-69(59)111)74(87(126)127)105-84(123)68(46-108)102-86(125)73(49(3)110)104-83(122)65(39-52-23-11-6-12-24-52)101-85(124)72(48(2)109)103-77(116)61(28-16-18-36-89)96-81(120)66(41-55-44-92-58-26-14-13-25-57(55)58)99-80(119)64(38-51-21-9-5-10-22-51)97-79(118)63(37-50-19-7-4-8-20-50)98-82(121)67(43-70(91)112)100-76(115)60(95-78(62)117)27-15-17-35-88/h4-14,19-26,29-34,42,44,47-49,60-68,72-74,92,108-111H,15-18,27-28,35-41,43,45-46,88-90H2,1-3H3,(H2,91,112)(H,93,114)(H,94,113)(H,95,117)(H,96,120)(H,97,118)(H,98,121)(H,99,119)(H,100,115)(H,101,124)(H,102,125)(H,103,116)(H,104,122)(H,105,123)(H,126,127)/t47-,48+,49+,60-,61-,62-,63-,64-,65-,66-,67-,68-,72-,73-,74-/m0/s1. The van der Waals surface area contributed by atoms with Gasteiger partial charge < -0.3 is 123 Å². The van der Waals surface area contributed by atoms with Crippen molar-refractivity contribution >= 4 is 111 Å². The summed E-state index contributed by atoms with van der Waals surface area (Å²) in [5.41, 5.74) is 25.7. The maximum atomic E-state index is 15.5. The summed E-state index contributed by atoms with van der Waals surface area (Å²) >= 11 is 0. The molecule has 0 aliphatic carbocycles. The highest BCUT2D eigenvalue weighted by atomic mass is 16.4. The van der Waals surface area contributed by atoms with Crippen LogP contribution in [0.4, 0.5) is 11.4 Å². The molecule has 4 bridgehead atoms. The Bertz CT molecular complexity index is 5000. The monoisotopic (exact) mass is 1750 g/mol. The summed E-state index contributed by atoms with van der Waals surface area (Å²) in [6.45, 7) is 1.94. The molecule has 678 valence electrons. The zero-order valence-corrected chi connectivity index (χ0v) is 70.1. The Hall–Kier alpha value is -13.9. The molecule has 10 rings (SSSR count). The molecule has 3 aliphatic rings. The van der Waals surface area contributed by atoms with Crippen molar-refractivity contribution in [2.24, 2.45) is 33.2 Å². The van der Waals surface area contributed by atoms with Gasteiger partial charge in [-0.15, -0.1) is 5.11 Å². The van der Waals surface area contributed by atoms with Crippen LogP contribution in [0.15, 0.2) is 174 Å². The lowest BCUT2D eigenvalue weighted by molar-refractivity contribution is -0.143. The first kappa shape index (κ1) is 98.5. The SMILES string of the molecule is C[C@H](N)C(=O)NCC(=O)N[C@H]1Cc2ccc(cc2)N=Nc2ccc(cc2O)[C@@H](C(=O)O)NC(=O)[C@H](CO)NC(=O)[C@H]([C@@H](C)O)NC(=O)[C@H](Cc2ccccc2)NC(=O)[C@H]([C@@H](C)O)NC(=O)[C@H](CCCCN)NC(=O)[C@H](Cc2c[nH]c3ccccc23)NC(=O)[C@H](Cc2ccccc2)NC(=O)[C@H](Cc2ccccc2)NC(=O)[C@H](CC(N)=O)NC(=O)[C@H](CCCCN)NC1=O. The van der Waals surface area contributed by atoms with Gasteiger partial charge >= 0.3 is 5.97 Å². The van der Waals surface area contributed by atoms with Crippen LogP contribution in [0.2, 0.25) is 0 Å². The van der Waals surface area contributed by atoms with Gasteiger partial charge in [0.15, 0.2) is 6.04 Å². The second-order valence-corrected chi connectivity index (χ2v) is 30.7. The van der Waals surface area contributed by atoms with Gasteiger partial charge in [-0.05, 0) is 136 Å². The molecule has 0 saturated heterocycles. The first-order valence-electron chi connectivity index (χ1n) is 41.3. The maximum absolute atomic E-state index is 15.5. The van der Waals surface area contributed by atoms with E-state index >= 15 is 14.4 Å². The van der Waals surface area contributed by atoms with Crippen LogP contribution in [0.1, 0.15) is 105 Å². The normalized spacial score (nSPS) is 22.4. The number of unbranched alkanes of at least 4 members (excludes halogenated alkanes) is 2. The lowest BCUT2D eigenvalue weighted by Gasteiger charge is -2.29. The Morgan fingerprint density at radius 3 is 1.38 bits per heavy atom. The van der Waals surface area contributed by atoms with Gasteiger partial charge in [0.2, 0.25) is 82.7 Å². The minimum atomic E-state index is -2.00. The van der Waals surface area contributed by atoms with Crippen LogP contribution in [0.5, 0.6) is 5.75 Å². The van der Waals surface area contributed by atoms with Crippen molar-refractivity contribution in [2.75, 3.05) is 26.2 Å². The van der Waals surface area contributed by atoms with Gasteiger partial charge in [0.25, 0.3) is 0 Å². The third kappa shape index (κ3) is 30.5. The molecule has 40 heteroatoms. The molecule has 6 aromatic carbocycles. The number of nitrogens with zero attached hydrogens (tertiary/aromatic N) is 2. The van der Waals surface area contributed by atoms with Gasteiger partial charge in [-0.25, -0.2) is 4.79 Å². The number of para-hydroxylation sites is 1. The molecular weight excluding hydrogens is 1650 g/mol. The summed E-state index contributed by atoms with van der Waals surface area (Å²) in [5, 5.41) is 96.1. The van der Waals surface area contributed by atoms with E-state index < -0.39 is 205 Å². The molecule has 7 aromatic rings. The molecule has 4 heterocycles. The summed E-state index contributed by atoms with van der Waals surface area (Å²) in [5.74, 6) is -17.4. The van der Waals surface area contributed by atoms with Gasteiger partial charge in [-0.1, -0.05) is 127 Å². The number of aromatic nitrogens is 1. The van der Waals surface area contributed by atoms with Crippen LogP contribution < -0.4 is 92.1 Å². The summed E-state index contributed by atoms with van der Waals surface area (Å²) in [6, 6.07) is 18.3. The minimum absolute atomic E-state index is 0.111. The fraction of sp³-hybridized carbons (Fsp3) is 0.391. The molecule has 127 heavy (non-hydrogen) atoms. The topological polar surface area (TPSA) is 658 Å². The van der Waals surface area contributed by atoms with E-state index in [1.54, 1.807) is 121 Å². The largest absolute Gasteiger partial charge is 0.506 e. The molecule has 1 aromatic heterocycles. The average molecular weight is 1760 g/mol. The number of rotatable bonds is 26. The number of nitrogens with two attached hydrogens (primary N) is 4. The smallest absolute Gasteiger partial charge is 0.330 e. The summed E-state index contributed by atoms with van der Waals surface area (Å²) in [6.07, 6.45) is -3.87. The van der Waals surface area contributed by atoms with Crippen LogP contribution in [0.25, 0.3) is 10.9 Å². The van der Waals surface area contributed by atoms with Crippen molar-refractivity contribution in [1.29, 1.82) is 0 Å². The Morgan fingerprint density at radius 2 is 0.906 bits per heavy atom. The quantitative estimate of drug-likeness (QED) is 0.0255. The Morgan fingerprint density at radius 1 is 0.480 bits per heavy atom. The van der Waals surface area contributed by atoms with Crippen LogP contribution in [-0.2, 0) is 104 Å². The molecular formula is C87H110N20O20. The van der Waals surface area contributed by atoms with E-state index in [1.165, 1.54) is 31.2 Å². The highest BCUT2D eigenvalue weighted by Crippen LogP contribution is 2.32. The van der Waals surface area contributed by atoms with Gasteiger partial charge in [-0.2, -0.15) is 5.11 Å². The highest BCUT2D eigenvalue weighted by Gasteiger charge is 2.40. The van der Waals surface area contributed by atoms with Gasteiger partial charge in [0.1, 0.15) is 77.9 Å². The number of aromatic hydroxyl groups is 1. The van der Waals surface area contributed by atoms with E-state index in [-0.39, 0.29) is 94.2 Å². The van der Waals surface area contributed by atoms with Crippen LogP contribution in [-0.4, -0.2) is 230 Å². The number of aliphatic hydroxyl groups excluding tert-OH is 3. The number of aliphatic carboxylic acids is 1. The number of benzene rings is 6. The first-order chi connectivity index (χ1) is 60.7. The second kappa shape index (κ2) is 48.9. The Labute approximate surface area is 730 Å². The number of hydrogen-bond acceptors (Lipinski definition) is 24. The third-order valence-corrected chi connectivity index (χ3v) is 20.6. The number of fused-ring (bicyclic) bond motifs is 3. The number of H-pyrrole nitrogens is 1. The number of aromatic amines is 1. The van der Waals surface area contributed by atoms with E-state index in [0.717, 1.165) is 32.0 Å².